The van der Waals surface area contributed by atoms with E-state index in [2.05, 4.69) is 9.88 Å². The van der Waals surface area contributed by atoms with E-state index in [0.717, 1.165) is 0 Å². The predicted octanol–water partition coefficient (Wildman–Crippen LogP) is 1.46. The highest BCUT2D eigenvalue weighted by molar-refractivity contribution is 5.77. The molecule has 6 nitrogen and oxygen atoms in total. The summed E-state index contributed by atoms with van der Waals surface area (Å²) in [4.78, 5) is 30.2. The van der Waals surface area contributed by atoms with Crippen LogP contribution in [-0.2, 0) is 11.5 Å². The number of hydrogen-bond acceptors (Lipinski definition) is 4. The molecule has 0 radical (unpaired) electrons. The number of nitrogens with zero attached hydrogens (tertiary/aromatic N) is 3. The molecule has 2 heterocycles. The molecular weight excluding hydrogens is 282 g/mol. The average molecular weight is 301 g/mol. The first-order chi connectivity index (χ1) is 10.6. The zero-order valence-electron chi connectivity index (χ0n) is 12.5. The van der Waals surface area contributed by atoms with Gasteiger partial charge in [0, 0.05) is 13.1 Å². The molecule has 116 valence electrons. The standard InChI is InChI=1S/C16H19N3O3/c1-11-17-14-5-3-2-4-13(14)15(20)19(11)10-18-8-6-12(7-9-18)16(21)22/h2-5,12H,6-10H2,1H3,(H,21,22). The summed E-state index contributed by atoms with van der Waals surface area (Å²) >= 11 is 0. The Labute approximate surface area is 128 Å². The highest BCUT2D eigenvalue weighted by Crippen LogP contribution is 2.18. The van der Waals surface area contributed by atoms with Crippen LogP contribution in [0.4, 0.5) is 0 Å². The lowest BCUT2D eigenvalue weighted by atomic mass is 9.97. The van der Waals surface area contributed by atoms with Crippen LogP contribution in [0.1, 0.15) is 18.7 Å². The van der Waals surface area contributed by atoms with Crippen LogP contribution in [-0.4, -0.2) is 38.6 Å². The summed E-state index contributed by atoms with van der Waals surface area (Å²) in [7, 11) is 0. The average Bonchev–Trinajstić information content (AvgIpc) is 2.52. The zero-order valence-corrected chi connectivity index (χ0v) is 12.5. The molecule has 6 heteroatoms. The van der Waals surface area contributed by atoms with Crippen molar-refractivity contribution in [2.24, 2.45) is 5.92 Å². The summed E-state index contributed by atoms with van der Waals surface area (Å²) in [5.74, 6) is -0.298. The number of fused-ring (bicyclic) bond motifs is 1. The van der Waals surface area contributed by atoms with E-state index in [1.807, 2.05) is 25.1 Å². The maximum absolute atomic E-state index is 12.6. The second-order valence-electron chi connectivity index (χ2n) is 5.78. The Balaban J connectivity index is 1.83. The highest BCUT2D eigenvalue weighted by atomic mass is 16.4. The first kappa shape index (κ1) is 14.7. The molecule has 0 unspecified atom stereocenters. The van der Waals surface area contributed by atoms with Gasteiger partial charge in [0.25, 0.3) is 5.56 Å². The molecule has 0 atom stereocenters. The van der Waals surface area contributed by atoms with E-state index in [-0.39, 0.29) is 11.5 Å². The quantitative estimate of drug-likeness (QED) is 0.929. The van der Waals surface area contributed by atoms with Gasteiger partial charge in [0.1, 0.15) is 5.82 Å². The number of aryl methyl sites for hydroxylation is 1. The predicted molar refractivity (Wildman–Crippen MR) is 82.7 cm³/mol. The molecule has 2 aromatic rings. The number of benzene rings is 1. The van der Waals surface area contributed by atoms with Crippen molar-refractivity contribution in [3.8, 4) is 0 Å². The number of hydrogen-bond donors (Lipinski definition) is 1. The van der Waals surface area contributed by atoms with E-state index >= 15 is 0 Å². The summed E-state index contributed by atoms with van der Waals surface area (Å²) < 4.78 is 1.67. The van der Waals surface area contributed by atoms with Gasteiger partial charge in [-0.2, -0.15) is 0 Å². The number of para-hydroxylation sites is 1. The summed E-state index contributed by atoms with van der Waals surface area (Å²) in [6, 6.07) is 7.34. The Morgan fingerprint density at radius 2 is 2.00 bits per heavy atom. The summed E-state index contributed by atoms with van der Waals surface area (Å²) in [6.45, 7) is 3.68. The number of likely N-dealkylation sites (tertiary alicyclic amines) is 1. The van der Waals surface area contributed by atoms with Crippen molar-refractivity contribution in [1.82, 2.24) is 14.5 Å². The lowest BCUT2D eigenvalue weighted by molar-refractivity contribution is -0.143. The fraction of sp³-hybridized carbons (Fsp3) is 0.438. The molecule has 1 aromatic heterocycles. The smallest absolute Gasteiger partial charge is 0.306 e. The fourth-order valence-corrected chi connectivity index (χ4v) is 2.97. The highest BCUT2D eigenvalue weighted by Gasteiger charge is 2.25. The van der Waals surface area contributed by atoms with Crippen LogP contribution in [0, 0.1) is 12.8 Å². The third kappa shape index (κ3) is 2.74. The van der Waals surface area contributed by atoms with Gasteiger partial charge in [-0.05, 0) is 31.9 Å². The van der Waals surface area contributed by atoms with E-state index in [4.69, 9.17) is 5.11 Å². The molecule has 0 spiro atoms. The molecular formula is C16H19N3O3. The maximum Gasteiger partial charge on any atom is 0.306 e. The number of aliphatic carboxylic acids is 1. The largest absolute Gasteiger partial charge is 0.481 e. The van der Waals surface area contributed by atoms with Gasteiger partial charge in [0.2, 0.25) is 0 Å². The van der Waals surface area contributed by atoms with Gasteiger partial charge >= 0.3 is 5.97 Å². The molecule has 0 saturated carbocycles. The van der Waals surface area contributed by atoms with Gasteiger partial charge in [-0.25, -0.2) is 4.98 Å². The lowest BCUT2D eigenvalue weighted by Crippen LogP contribution is -2.40. The van der Waals surface area contributed by atoms with Crippen LogP contribution in [0.5, 0.6) is 0 Å². The van der Waals surface area contributed by atoms with Crippen LogP contribution in [0.15, 0.2) is 29.1 Å². The number of carboxylic acid groups (broad SMARTS) is 1. The molecule has 1 aliphatic heterocycles. The molecule has 0 bridgehead atoms. The second-order valence-corrected chi connectivity index (χ2v) is 5.78. The van der Waals surface area contributed by atoms with Crippen LogP contribution >= 0.6 is 0 Å². The summed E-state index contributed by atoms with van der Waals surface area (Å²) in [5, 5.41) is 9.66. The second kappa shape index (κ2) is 5.88. The number of rotatable bonds is 3. The van der Waals surface area contributed by atoms with E-state index in [0.29, 0.717) is 49.3 Å². The van der Waals surface area contributed by atoms with Gasteiger partial charge in [-0.3, -0.25) is 19.1 Å². The first-order valence-corrected chi connectivity index (χ1v) is 7.47. The Kier molecular flexibility index (Phi) is 3.94. The van der Waals surface area contributed by atoms with Crippen LogP contribution in [0.2, 0.25) is 0 Å². The Hall–Kier alpha value is -2.21. The topological polar surface area (TPSA) is 75.4 Å². The number of carbonyl (C=O) groups is 1. The Morgan fingerprint density at radius 1 is 1.32 bits per heavy atom. The Bertz CT molecular complexity index is 761. The van der Waals surface area contributed by atoms with Gasteiger partial charge in [0.05, 0.1) is 23.5 Å². The minimum Gasteiger partial charge on any atom is -0.481 e. The van der Waals surface area contributed by atoms with Crippen molar-refractivity contribution in [3.05, 3.63) is 40.4 Å². The Morgan fingerprint density at radius 3 is 2.68 bits per heavy atom. The van der Waals surface area contributed by atoms with Gasteiger partial charge in [-0.1, -0.05) is 12.1 Å². The van der Waals surface area contributed by atoms with Crippen molar-refractivity contribution in [2.75, 3.05) is 13.1 Å². The van der Waals surface area contributed by atoms with Crippen LogP contribution in [0.25, 0.3) is 10.9 Å². The van der Waals surface area contributed by atoms with Crippen molar-refractivity contribution in [1.29, 1.82) is 0 Å². The van der Waals surface area contributed by atoms with Crippen LogP contribution < -0.4 is 5.56 Å². The third-order valence-electron chi connectivity index (χ3n) is 4.33. The van der Waals surface area contributed by atoms with E-state index in [9.17, 15) is 9.59 Å². The lowest BCUT2D eigenvalue weighted by Gasteiger charge is -2.30. The number of piperidine rings is 1. The maximum atomic E-state index is 12.6. The molecule has 22 heavy (non-hydrogen) atoms. The van der Waals surface area contributed by atoms with Gasteiger partial charge in [0.15, 0.2) is 0 Å². The minimum absolute atomic E-state index is 0.0385. The summed E-state index contributed by atoms with van der Waals surface area (Å²) in [6.07, 6.45) is 1.26. The van der Waals surface area contributed by atoms with Crippen molar-refractivity contribution >= 4 is 16.9 Å². The normalized spacial score (nSPS) is 17.0. The monoisotopic (exact) mass is 301 g/mol. The fourth-order valence-electron chi connectivity index (χ4n) is 2.97. The van der Waals surface area contributed by atoms with E-state index in [1.165, 1.54) is 0 Å². The summed E-state index contributed by atoms with van der Waals surface area (Å²) in [5.41, 5.74) is 0.675. The number of aromatic nitrogens is 2. The van der Waals surface area contributed by atoms with Gasteiger partial charge < -0.3 is 5.11 Å². The van der Waals surface area contributed by atoms with E-state index < -0.39 is 5.97 Å². The third-order valence-corrected chi connectivity index (χ3v) is 4.33. The SMILES string of the molecule is Cc1nc2ccccc2c(=O)n1CN1CCC(C(=O)O)CC1. The first-order valence-electron chi connectivity index (χ1n) is 7.47. The number of carboxylic acids is 1. The van der Waals surface area contributed by atoms with E-state index in [1.54, 1.807) is 10.6 Å². The van der Waals surface area contributed by atoms with Crippen molar-refractivity contribution < 1.29 is 9.90 Å². The molecule has 1 saturated heterocycles. The minimum atomic E-state index is -0.722. The molecule has 1 N–H and O–H groups in total. The molecule has 0 amide bonds. The molecule has 1 aliphatic rings. The van der Waals surface area contributed by atoms with Crippen LogP contribution in [0.3, 0.4) is 0 Å². The molecule has 0 aliphatic carbocycles. The molecule has 3 rings (SSSR count). The zero-order chi connectivity index (χ0) is 15.7. The molecule has 1 fully saturated rings. The van der Waals surface area contributed by atoms with Crippen molar-refractivity contribution in [2.45, 2.75) is 26.4 Å². The molecule has 1 aromatic carbocycles. The van der Waals surface area contributed by atoms with Gasteiger partial charge in [-0.15, -0.1) is 0 Å². The van der Waals surface area contributed by atoms with Crippen molar-refractivity contribution in [3.63, 3.8) is 0 Å².